The minimum Gasteiger partial charge on any atom is -0.354 e. The first-order valence-corrected chi connectivity index (χ1v) is 4.35. The van der Waals surface area contributed by atoms with Crippen LogP contribution in [0.2, 0.25) is 0 Å². The molecule has 1 nitrogen and oxygen atoms in total. The molecule has 0 rings (SSSR count). The van der Waals surface area contributed by atoms with E-state index >= 15 is 0 Å². The SMILES string of the molecule is C=C=C(C)C(=C(F)N(C)C)C(C)C. The molecule has 2 heteroatoms. The van der Waals surface area contributed by atoms with Crippen molar-refractivity contribution in [2.45, 2.75) is 20.8 Å². The van der Waals surface area contributed by atoms with E-state index in [0.717, 1.165) is 5.57 Å². The highest BCUT2D eigenvalue weighted by molar-refractivity contribution is 5.31. The van der Waals surface area contributed by atoms with Crippen LogP contribution in [0.5, 0.6) is 0 Å². The standard InChI is InChI=1S/C11H18FN/c1-7-9(4)10(8(2)3)11(12)13(5)6/h8H,1H2,2-6H3. The van der Waals surface area contributed by atoms with Crippen LogP contribution in [0.4, 0.5) is 4.39 Å². The van der Waals surface area contributed by atoms with Gasteiger partial charge in [-0.05, 0) is 18.4 Å². The van der Waals surface area contributed by atoms with E-state index in [1.54, 1.807) is 14.1 Å². The summed E-state index contributed by atoms with van der Waals surface area (Å²) in [4.78, 5) is 1.47. The molecule has 0 N–H and O–H groups in total. The topological polar surface area (TPSA) is 3.24 Å². The predicted molar refractivity (Wildman–Crippen MR) is 55.0 cm³/mol. The van der Waals surface area contributed by atoms with Crippen molar-refractivity contribution >= 4 is 0 Å². The third kappa shape index (κ3) is 3.08. The normalized spacial score (nSPS) is 12.2. The molecular formula is C11H18FN. The van der Waals surface area contributed by atoms with E-state index in [-0.39, 0.29) is 11.9 Å². The zero-order valence-corrected chi connectivity index (χ0v) is 9.11. The van der Waals surface area contributed by atoms with Gasteiger partial charge in [0.15, 0.2) is 5.95 Å². The summed E-state index contributed by atoms with van der Waals surface area (Å²) in [6.45, 7) is 9.26. The Balaban J connectivity index is 5.25. The molecule has 0 bridgehead atoms. The molecule has 0 aliphatic rings. The highest BCUT2D eigenvalue weighted by atomic mass is 19.1. The van der Waals surface area contributed by atoms with E-state index in [4.69, 9.17) is 0 Å². The summed E-state index contributed by atoms with van der Waals surface area (Å²) < 4.78 is 13.6. The average Bonchev–Trinajstić information content (AvgIpc) is 2.03. The van der Waals surface area contributed by atoms with Crippen LogP contribution in [0, 0.1) is 5.92 Å². The van der Waals surface area contributed by atoms with Gasteiger partial charge < -0.3 is 4.90 Å². The number of allylic oxidation sites excluding steroid dienone is 2. The Kier molecular flexibility index (Phi) is 4.50. The minimum absolute atomic E-state index is 0.150. The van der Waals surface area contributed by atoms with Crippen molar-refractivity contribution in [1.29, 1.82) is 0 Å². The maximum atomic E-state index is 13.6. The van der Waals surface area contributed by atoms with Crippen molar-refractivity contribution < 1.29 is 4.39 Å². The molecule has 0 aliphatic heterocycles. The quantitative estimate of drug-likeness (QED) is 0.369. The minimum atomic E-state index is -0.205. The Morgan fingerprint density at radius 2 is 1.85 bits per heavy atom. The van der Waals surface area contributed by atoms with Crippen LogP contribution < -0.4 is 0 Å². The van der Waals surface area contributed by atoms with E-state index in [2.05, 4.69) is 12.3 Å². The second kappa shape index (κ2) is 4.88. The highest BCUT2D eigenvalue weighted by Crippen LogP contribution is 2.24. The molecule has 0 heterocycles. The third-order valence-corrected chi connectivity index (χ3v) is 1.86. The average molecular weight is 183 g/mol. The first kappa shape index (κ1) is 12.0. The zero-order valence-electron chi connectivity index (χ0n) is 9.11. The van der Waals surface area contributed by atoms with Crippen molar-refractivity contribution in [3.05, 3.63) is 29.4 Å². The summed E-state index contributed by atoms with van der Waals surface area (Å²) in [6, 6.07) is 0. The molecule has 74 valence electrons. The molecular weight excluding hydrogens is 165 g/mol. The van der Waals surface area contributed by atoms with Crippen molar-refractivity contribution in [2.24, 2.45) is 5.92 Å². The summed E-state index contributed by atoms with van der Waals surface area (Å²) >= 11 is 0. The van der Waals surface area contributed by atoms with Gasteiger partial charge in [0.05, 0.1) is 0 Å². The fraction of sp³-hybridized carbons (Fsp3) is 0.545. The lowest BCUT2D eigenvalue weighted by molar-refractivity contribution is 0.360. The first-order valence-electron chi connectivity index (χ1n) is 4.35. The summed E-state index contributed by atoms with van der Waals surface area (Å²) in [5, 5.41) is 0. The van der Waals surface area contributed by atoms with Gasteiger partial charge in [-0.25, -0.2) is 0 Å². The monoisotopic (exact) mass is 183 g/mol. The largest absolute Gasteiger partial charge is 0.354 e. The lowest BCUT2D eigenvalue weighted by Crippen LogP contribution is -2.13. The van der Waals surface area contributed by atoms with Gasteiger partial charge in [0.25, 0.3) is 0 Å². The highest BCUT2D eigenvalue weighted by Gasteiger charge is 2.13. The number of nitrogens with zero attached hydrogens (tertiary/aromatic N) is 1. The van der Waals surface area contributed by atoms with Crippen LogP contribution >= 0.6 is 0 Å². The van der Waals surface area contributed by atoms with Gasteiger partial charge in [-0.2, -0.15) is 4.39 Å². The molecule has 0 saturated heterocycles. The summed E-state index contributed by atoms with van der Waals surface area (Å²) in [5.41, 5.74) is 4.18. The van der Waals surface area contributed by atoms with Crippen LogP contribution in [0.3, 0.4) is 0 Å². The van der Waals surface area contributed by atoms with Crippen LogP contribution in [0.15, 0.2) is 29.4 Å². The summed E-state index contributed by atoms with van der Waals surface area (Å²) in [7, 11) is 3.38. The molecule has 0 aromatic heterocycles. The maximum Gasteiger partial charge on any atom is 0.193 e. The van der Waals surface area contributed by atoms with Crippen LogP contribution in [-0.2, 0) is 0 Å². The predicted octanol–water partition coefficient (Wildman–Crippen LogP) is 3.12. The molecule has 0 radical (unpaired) electrons. The summed E-state index contributed by atoms with van der Waals surface area (Å²) in [5.74, 6) is -0.0553. The van der Waals surface area contributed by atoms with Crippen LogP contribution in [0.1, 0.15) is 20.8 Å². The van der Waals surface area contributed by atoms with Gasteiger partial charge in [-0.3, -0.25) is 0 Å². The van der Waals surface area contributed by atoms with E-state index in [1.165, 1.54) is 4.90 Å². The fourth-order valence-electron chi connectivity index (χ4n) is 1.16. The molecule has 0 atom stereocenters. The molecule has 13 heavy (non-hydrogen) atoms. The number of hydrogen-bond donors (Lipinski definition) is 0. The zero-order chi connectivity index (χ0) is 10.6. The van der Waals surface area contributed by atoms with Crippen molar-refractivity contribution in [2.75, 3.05) is 14.1 Å². The van der Waals surface area contributed by atoms with Gasteiger partial charge in [0.1, 0.15) is 0 Å². The van der Waals surface area contributed by atoms with Gasteiger partial charge in [-0.1, -0.05) is 20.4 Å². The maximum absolute atomic E-state index is 13.6. The van der Waals surface area contributed by atoms with Gasteiger partial charge in [0.2, 0.25) is 0 Å². The second-order valence-corrected chi connectivity index (χ2v) is 3.56. The molecule has 0 saturated carbocycles. The Bertz CT molecular complexity index is 255. The molecule has 0 amide bonds. The first-order chi connectivity index (χ1) is 5.91. The molecule has 0 aromatic rings. The van der Waals surface area contributed by atoms with Gasteiger partial charge in [-0.15, -0.1) is 5.73 Å². The Morgan fingerprint density at radius 1 is 1.38 bits per heavy atom. The van der Waals surface area contributed by atoms with Gasteiger partial charge in [0, 0.05) is 19.7 Å². The molecule has 0 aromatic carbocycles. The van der Waals surface area contributed by atoms with E-state index in [9.17, 15) is 4.39 Å². The van der Waals surface area contributed by atoms with Crippen LogP contribution in [-0.4, -0.2) is 19.0 Å². The van der Waals surface area contributed by atoms with Gasteiger partial charge >= 0.3 is 0 Å². The smallest absolute Gasteiger partial charge is 0.193 e. The second-order valence-electron chi connectivity index (χ2n) is 3.56. The molecule has 0 unspecified atom stereocenters. The number of halogens is 1. The van der Waals surface area contributed by atoms with Crippen LogP contribution in [0.25, 0.3) is 0 Å². The Hall–Kier alpha value is -1.01. The number of rotatable bonds is 3. The van der Waals surface area contributed by atoms with Crippen molar-refractivity contribution in [3.63, 3.8) is 0 Å². The van der Waals surface area contributed by atoms with Crippen molar-refractivity contribution in [3.8, 4) is 0 Å². The lowest BCUT2D eigenvalue weighted by Gasteiger charge is -2.17. The van der Waals surface area contributed by atoms with E-state index in [1.807, 2.05) is 20.8 Å². The molecule has 0 fully saturated rings. The summed E-state index contributed by atoms with van der Waals surface area (Å²) in [6.07, 6.45) is 0. The fourth-order valence-corrected chi connectivity index (χ4v) is 1.16. The number of hydrogen-bond acceptors (Lipinski definition) is 1. The molecule has 0 aliphatic carbocycles. The lowest BCUT2D eigenvalue weighted by atomic mass is 9.97. The van der Waals surface area contributed by atoms with E-state index in [0.29, 0.717) is 5.57 Å². The van der Waals surface area contributed by atoms with E-state index < -0.39 is 0 Å². The van der Waals surface area contributed by atoms with Crippen molar-refractivity contribution in [1.82, 2.24) is 4.90 Å². The third-order valence-electron chi connectivity index (χ3n) is 1.86. The Labute approximate surface area is 80.2 Å². The molecule has 0 spiro atoms. The Morgan fingerprint density at radius 3 is 2.08 bits per heavy atom.